The van der Waals surface area contributed by atoms with Crippen molar-refractivity contribution in [3.05, 3.63) is 81.1 Å². The van der Waals surface area contributed by atoms with Crippen LogP contribution in [-0.2, 0) is 0 Å². The summed E-state index contributed by atoms with van der Waals surface area (Å²) in [5.74, 6) is 0.753. The van der Waals surface area contributed by atoms with Crippen LogP contribution < -0.4 is 10.9 Å². The number of anilines is 1. The molecule has 1 aromatic carbocycles. The Bertz CT molecular complexity index is 1180. The molecular formula is C23H25ClN4O. The van der Waals surface area contributed by atoms with Gasteiger partial charge >= 0.3 is 0 Å². The lowest BCUT2D eigenvalue weighted by molar-refractivity contribution is 0.780. The van der Waals surface area contributed by atoms with Crippen LogP contribution in [0, 0.1) is 13.8 Å². The third kappa shape index (κ3) is 3.96. The first-order valence-electron chi connectivity index (χ1n) is 9.57. The van der Waals surface area contributed by atoms with Crippen LogP contribution >= 0.6 is 11.6 Å². The lowest BCUT2D eigenvalue weighted by atomic mass is 10.1. The van der Waals surface area contributed by atoms with E-state index in [1.807, 2.05) is 71.0 Å². The Kier molecular flexibility index (Phi) is 6.18. The summed E-state index contributed by atoms with van der Waals surface area (Å²) in [6.45, 7) is 9.79. The predicted octanol–water partition coefficient (Wildman–Crippen LogP) is 5.67. The first-order chi connectivity index (χ1) is 13.9. The predicted molar refractivity (Wildman–Crippen MR) is 122 cm³/mol. The van der Waals surface area contributed by atoms with Crippen LogP contribution in [-0.4, -0.2) is 14.5 Å². The van der Waals surface area contributed by atoms with Crippen molar-refractivity contribution in [2.24, 2.45) is 0 Å². The maximum atomic E-state index is 13.5. The van der Waals surface area contributed by atoms with Gasteiger partial charge in [0.1, 0.15) is 12.1 Å². The molecule has 150 valence electrons. The van der Waals surface area contributed by atoms with Crippen LogP contribution in [0.15, 0.2) is 53.6 Å². The Labute approximate surface area is 175 Å². The zero-order chi connectivity index (χ0) is 21.1. The highest BCUT2D eigenvalue weighted by atomic mass is 35.5. The van der Waals surface area contributed by atoms with E-state index < -0.39 is 0 Å². The van der Waals surface area contributed by atoms with Crippen molar-refractivity contribution in [3.8, 4) is 0 Å². The number of benzene rings is 1. The average molecular weight is 409 g/mol. The number of nitrogens with one attached hydrogen (secondary N) is 1. The van der Waals surface area contributed by atoms with Crippen molar-refractivity contribution >= 4 is 33.9 Å². The zero-order valence-electron chi connectivity index (χ0n) is 17.3. The number of hydrogen-bond donors (Lipinski definition) is 1. The molecular weight excluding hydrogens is 384 g/mol. The van der Waals surface area contributed by atoms with Gasteiger partial charge in [0, 0.05) is 22.6 Å². The van der Waals surface area contributed by atoms with E-state index in [4.69, 9.17) is 11.6 Å². The van der Waals surface area contributed by atoms with Gasteiger partial charge in [-0.2, -0.15) is 0 Å². The molecule has 5 nitrogen and oxygen atoms in total. The number of fused-ring (bicyclic) bond motifs is 1. The van der Waals surface area contributed by atoms with Crippen molar-refractivity contribution in [1.82, 2.24) is 14.5 Å². The molecule has 0 aliphatic heterocycles. The van der Waals surface area contributed by atoms with Crippen LogP contribution in [0.25, 0.3) is 16.5 Å². The van der Waals surface area contributed by atoms with Crippen molar-refractivity contribution < 1.29 is 0 Å². The maximum Gasteiger partial charge on any atom is 0.264 e. The van der Waals surface area contributed by atoms with Gasteiger partial charge in [-0.05, 0) is 58.2 Å². The summed E-state index contributed by atoms with van der Waals surface area (Å²) in [6.07, 6.45) is 7.29. The molecule has 29 heavy (non-hydrogen) atoms. The fourth-order valence-corrected chi connectivity index (χ4v) is 3.62. The quantitative estimate of drug-likeness (QED) is 0.552. The fraction of sp³-hybridized carbons (Fsp3) is 0.261. The minimum Gasteiger partial charge on any atom is -0.362 e. The molecule has 2 aromatic heterocycles. The Hall–Kier alpha value is -2.92. The number of allylic oxidation sites excluding steroid dienone is 4. The van der Waals surface area contributed by atoms with Gasteiger partial charge in [0.2, 0.25) is 0 Å². The zero-order valence-corrected chi connectivity index (χ0v) is 18.1. The Morgan fingerprint density at radius 3 is 2.69 bits per heavy atom. The largest absolute Gasteiger partial charge is 0.362 e. The number of aromatic nitrogens is 3. The van der Waals surface area contributed by atoms with Gasteiger partial charge in [0.15, 0.2) is 0 Å². The van der Waals surface area contributed by atoms with Crippen LogP contribution in [0.4, 0.5) is 5.82 Å². The van der Waals surface area contributed by atoms with Crippen molar-refractivity contribution in [2.45, 2.75) is 40.7 Å². The van der Waals surface area contributed by atoms with E-state index in [0.29, 0.717) is 10.4 Å². The van der Waals surface area contributed by atoms with Gasteiger partial charge in [0.25, 0.3) is 5.56 Å². The maximum absolute atomic E-state index is 13.5. The summed E-state index contributed by atoms with van der Waals surface area (Å²) in [5.41, 5.74) is 3.38. The van der Waals surface area contributed by atoms with Gasteiger partial charge in [-0.25, -0.2) is 9.97 Å². The molecule has 2 heterocycles. The lowest BCUT2D eigenvalue weighted by Crippen LogP contribution is -2.26. The molecule has 0 aliphatic rings. The first kappa shape index (κ1) is 20.8. The molecule has 0 fully saturated rings. The number of rotatable bonds is 5. The van der Waals surface area contributed by atoms with Crippen LogP contribution in [0.1, 0.15) is 43.8 Å². The highest BCUT2D eigenvalue weighted by Crippen LogP contribution is 2.27. The molecule has 0 saturated heterocycles. The van der Waals surface area contributed by atoms with Gasteiger partial charge in [-0.15, -0.1) is 0 Å². The first-order valence-corrected chi connectivity index (χ1v) is 9.95. The molecule has 0 bridgehead atoms. The third-order valence-electron chi connectivity index (χ3n) is 5.05. The molecule has 1 atom stereocenters. The summed E-state index contributed by atoms with van der Waals surface area (Å²) in [4.78, 5) is 22.1. The highest BCUT2D eigenvalue weighted by Gasteiger charge is 2.19. The Morgan fingerprint density at radius 2 is 2.00 bits per heavy atom. The SMILES string of the molecule is CC=CC(=CC)n1c(C(C)Nc2ncnc(C)c2C)cc2cccc(Cl)c2c1=O. The van der Waals surface area contributed by atoms with Gasteiger partial charge in [-0.3, -0.25) is 9.36 Å². The molecule has 0 aliphatic carbocycles. The highest BCUT2D eigenvalue weighted by molar-refractivity contribution is 6.35. The summed E-state index contributed by atoms with van der Waals surface area (Å²) < 4.78 is 1.72. The van der Waals surface area contributed by atoms with E-state index >= 15 is 0 Å². The molecule has 0 amide bonds. The average Bonchev–Trinajstić information content (AvgIpc) is 2.69. The van der Waals surface area contributed by atoms with Gasteiger partial charge in [-0.1, -0.05) is 35.9 Å². The molecule has 3 aromatic rings. The number of pyridine rings is 1. The standard InChI is InChI=1S/C23H25ClN4O/c1-6-9-18(7-2)28-20(12-17-10-8-11-19(24)21(17)23(28)29)16(5)27-22-14(3)15(4)25-13-26-22/h6-13,16H,1-5H3,(H,25,26,27). The molecule has 0 spiro atoms. The van der Waals surface area contributed by atoms with Crippen LogP contribution in [0.5, 0.6) is 0 Å². The molecule has 3 rings (SSSR count). The number of hydrogen-bond acceptors (Lipinski definition) is 4. The van der Waals surface area contributed by atoms with Crippen molar-refractivity contribution in [1.29, 1.82) is 0 Å². The monoisotopic (exact) mass is 408 g/mol. The number of halogens is 1. The summed E-state index contributed by atoms with van der Waals surface area (Å²) in [7, 11) is 0. The van der Waals surface area contributed by atoms with E-state index in [1.54, 1.807) is 17.0 Å². The van der Waals surface area contributed by atoms with E-state index in [-0.39, 0.29) is 11.6 Å². The van der Waals surface area contributed by atoms with E-state index in [0.717, 1.165) is 33.9 Å². The van der Waals surface area contributed by atoms with E-state index in [2.05, 4.69) is 15.3 Å². The number of aryl methyl sites for hydroxylation is 1. The Morgan fingerprint density at radius 1 is 1.24 bits per heavy atom. The lowest BCUT2D eigenvalue weighted by Gasteiger charge is -2.23. The number of nitrogens with zero attached hydrogens (tertiary/aromatic N) is 3. The summed E-state index contributed by atoms with van der Waals surface area (Å²) in [6, 6.07) is 7.34. The van der Waals surface area contributed by atoms with Crippen molar-refractivity contribution in [2.75, 3.05) is 5.32 Å². The Balaban J connectivity index is 2.25. The smallest absolute Gasteiger partial charge is 0.264 e. The topological polar surface area (TPSA) is 59.8 Å². The molecule has 0 radical (unpaired) electrons. The van der Waals surface area contributed by atoms with E-state index in [9.17, 15) is 4.79 Å². The molecule has 6 heteroatoms. The van der Waals surface area contributed by atoms with Crippen LogP contribution in [0.3, 0.4) is 0 Å². The van der Waals surface area contributed by atoms with Gasteiger partial charge in [0.05, 0.1) is 16.5 Å². The van der Waals surface area contributed by atoms with E-state index in [1.165, 1.54) is 0 Å². The second-order valence-electron chi connectivity index (χ2n) is 6.93. The minimum atomic E-state index is -0.181. The molecule has 1 N–H and O–H groups in total. The second kappa shape index (κ2) is 8.62. The summed E-state index contributed by atoms with van der Waals surface area (Å²) >= 11 is 6.38. The third-order valence-corrected chi connectivity index (χ3v) is 5.36. The normalized spacial score (nSPS) is 13.2. The second-order valence-corrected chi connectivity index (χ2v) is 7.33. The molecule has 0 saturated carbocycles. The van der Waals surface area contributed by atoms with Crippen molar-refractivity contribution in [3.63, 3.8) is 0 Å². The van der Waals surface area contributed by atoms with Crippen LogP contribution in [0.2, 0.25) is 5.02 Å². The minimum absolute atomic E-state index is 0.140. The summed E-state index contributed by atoms with van der Waals surface area (Å²) in [5, 5.41) is 5.22. The van der Waals surface area contributed by atoms with Gasteiger partial charge < -0.3 is 5.32 Å². The fourth-order valence-electron chi connectivity index (χ4n) is 3.36. The molecule has 1 unspecified atom stereocenters.